The van der Waals surface area contributed by atoms with E-state index in [1.807, 2.05) is 14.0 Å². The first-order chi connectivity index (χ1) is 8.22. The highest BCUT2D eigenvalue weighted by Gasteiger charge is 2.42. The van der Waals surface area contributed by atoms with Crippen LogP contribution in [0.25, 0.3) is 0 Å². The van der Waals surface area contributed by atoms with Crippen LogP contribution in [0.3, 0.4) is 0 Å². The van der Waals surface area contributed by atoms with Gasteiger partial charge in [0.15, 0.2) is 0 Å². The van der Waals surface area contributed by atoms with Crippen molar-refractivity contribution >= 4 is 0 Å². The van der Waals surface area contributed by atoms with Gasteiger partial charge in [-0.15, -0.1) is 0 Å². The highest BCUT2D eigenvalue weighted by Crippen LogP contribution is 2.28. The third kappa shape index (κ3) is 4.52. The van der Waals surface area contributed by atoms with Gasteiger partial charge in [0.1, 0.15) is 0 Å². The van der Waals surface area contributed by atoms with E-state index in [4.69, 9.17) is 18.9 Å². The molecule has 0 bridgehead atoms. The summed E-state index contributed by atoms with van der Waals surface area (Å²) >= 11 is 0. The molecule has 102 valence electrons. The van der Waals surface area contributed by atoms with Gasteiger partial charge in [-0.1, -0.05) is 0 Å². The van der Waals surface area contributed by atoms with Gasteiger partial charge >= 0.3 is 0 Å². The molecule has 1 saturated carbocycles. The molecule has 0 amide bonds. The zero-order valence-corrected chi connectivity index (χ0v) is 11.3. The molecule has 0 aromatic rings. The summed E-state index contributed by atoms with van der Waals surface area (Å²) in [4.78, 5) is 0. The normalized spacial score (nSPS) is 30.0. The number of ether oxygens (including phenoxy) is 4. The molecule has 0 aromatic carbocycles. The molecule has 1 rings (SSSR count). The van der Waals surface area contributed by atoms with Gasteiger partial charge < -0.3 is 24.3 Å². The summed E-state index contributed by atoms with van der Waals surface area (Å²) in [7, 11) is 5.31. The molecule has 0 radical (unpaired) electrons. The van der Waals surface area contributed by atoms with Crippen molar-refractivity contribution in [1.29, 1.82) is 0 Å². The van der Waals surface area contributed by atoms with E-state index in [0.717, 1.165) is 6.42 Å². The molecule has 1 N–H and O–H groups in total. The molecule has 5 heteroatoms. The van der Waals surface area contributed by atoms with E-state index in [-0.39, 0.29) is 18.3 Å². The average Bonchev–Trinajstić information content (AvgIpc) is 2.30. The van der Waals surface area contributed by atoms with Crippen LogP contribution in [0.15, 0.2) is 0 Å². The van der Waals surface area contributed by atoms with Gasteiger partial charge in [0, 0.05) is 20.3 Å². The Labute approximate surface area is 104 Å². The van der Waals surface area contributed by atoms with E-state index < -0.39 is 0 Å². The minimum atomic E-state index is 0.108. The van der Waals surface area contributed by atoms with Gasteiger partial charge in [0.2, 0.25) is 0 Å². The maximum absolute atomic E-state index is 5.87. The highest BCUT2D eigenvalue weighted by atomic mass is 16.6. The lowest BCUT2D eigenvalue weighted by molar-refractivity contribution is -0.174. The Hall–Kier alpha value is -0.200. The molecule has 4 unspecified atom stereocenters. The van der Waals surface area contributed by atoms with E-state index in [1.54, 1.807) is 14.2 Å². The van der Waals surface area contributed by atoms with Crippen LogP contribution >= 0.6 is 0 Å². The van der Waals surface area contributed by atoms with Crippen molar-refractivity contribution in [3.8, 4) is 0 Å². The first kappa shape index (κ1) is 14.9. The Morgan fingerprint density at radius 2 is 2.00 bits per heavy atom. The summed E-state index contributed by atoms with van der Waals surface area (Å²) in [6.07, 6.45) is 1.38. The fraction of sp³-hybridized carbons (Fsp3) is 1.00. The highest BCUT2D eigenvalue weighted by molar-refractivity contribution is 4.97. The van der Waals surface area contributed by atoms with Gasteiger partial charge in [-0.05, 0) is 20.4 Å². The van der Waals surface area contributed by atoms with Gasteiger partial charge in [0.05, 0.1) is 38.1 Å². The Morgan fingerprint density at radius 3 is 2.59 bits per heavy atom. The van der Waals surface area contributed by atoms with Crippen LogP contribution in [0.5, 0.6) is 0 Å². The second kappa shape index (κ2) is 8.00. The molecule has 0 spiro atoms. The second-order valence-corrected chi connectivity index (χ2v) is 4.40. The molecule has 1 aliphatic rings. The summed E-state index contributed by atoms with van der Waals surface area (Å²) in [6, 6.07) is 0.381. The van der Waals surface area contributed by atoms with Crippen LogP contribution in [-0.2, 0) is 18.9 Å². The zero-order valence-electron chi connectivity index (χ0n) is 11.3. The Bertz CT molecular complexity index is 203. The molecule has 0 aromatic heterocycles. The fourth-order valence-corrected chi connectivity index (χ4v) is 2.06. The van der Waals surface area contributed by atoms with E-state index >= 15 is 0 Å². The molecule has 0 aliphatic heterocycles. The van der Waals surface area contributed by atoms with Crippen molar-refractivity contribution in [3.05, 3.63) is 0 Å². The zero-order chi connectivity index (χ0) is 12.7. The molecule has 17 heavy (non-hydrogen) atoms. The summed E-state index contributed by atoms with van der Waals surface area (Å²) in [5.74, 6) is 0. The summed E-state index contributed by atoms with van der Waals surface area (Å²) in [5, 5.41) is 3.24. The predicted molar refractivity (Wildman–Crippen MR) is 65.3 cm³/mol. The Balaban J connectivity index is 2.28. The lowest BCUT2D eigenvalue weighted by Gasteiger charge is -2.44. The van der Waals surface area contributed by atoms with Crippen molar-refractivity contribution in [2.45, 2.75) is 37.7 Å². The monoisotopic (exact) mass is 247 g/mol. The summed E-state index contributed by atoms with van der Waals surface area (Å²) in [6.45, 7) is 3.86. The lowest BCUT2D eigenvalue weighted by atomic mass is 9.85. The minimum absolute atomic E-state index is 0.108. The molecule has 0 heterocycles. The minimum Gasteiger partial charge on any atom is -0.382 e. The second-order valence-electron chi connectivity index (χ2n) is 4.40. The van der Waals surface area contributed by atoms with E-state index in [0.29, 0.717) is 25.9 Å². The van der Waals surface area contributed by atoms with Crippen LogP contribution < -0.4 is 5.32 Å². The van der Waals surface area contributed by atoms with Gasteiger partial charge in [-0.25, -0.2) is 0 Å². The van der Waals surface area contributed by atoms with Crippen molar-refractivity contribution in [2.75, 3.05) is 41.1 Å². The molecule has 4 atom stereocenters. The van der Waals surface area contributed by atoms with E-state index in [2.05, 4.69) is 5.32 Å². The molecular weight excluding hydrogens is 222 g/mol. The van der Waals surface area contributed by atoms with Crippen molar-refractivity contribution in [2.24, 2.45) is 0 Å². The summed E-state index contributed by atoms with van der Waals surface area (Å²) < 4.78 is 21.7. The predicted octanol–water partition coefficient (Wildman–Crippen LogP) is 0.430. The smallest absolute Gasteiger partial charge is 0.0991 e. The Kier molecular flexibility index (Phi) is 6.99. The number of hydrogen-bond donors (Lipinski definition) is 1. The summed E-state index contributed by atoms with van der Waals surface area (Å²) in [5.41, 5.74) is 0. The quantitative estimate of drug-likeness (QED) is 0.599. The number of hydrogen-bond acceptors (Lipinski definition) is 5. The standard InChI is InChI=1S/C12H25NO4/c1-9(8-15-4)17-11-7-10(13-2)12(11)16-6-5-14-3/h9-13H,5-8H2,1-4H3. The topological polar surface area (TPSA) is 49.0 Å². The van der Waals surface area contributed by atoms with Crippen LogP contribution in [0.2, 0.25) is 0 Å². The maximum Gasteiger partial charge on any atom is 0.0991 e. The average molecular weight is 247 g/mol. The molecule has 0 saturated heterocycles. The van der Waals surface area contributed by atoms with Gasteiger partial charge in [-0.2, -0.15) is 0 Å². The van der Waals surface area contributed by atoms with E-state index in [9.17, 15) is 0 Å². The SMILES string of the molecule is CNC1CC(OC(C)COC)C1OCCOC. The van der Waals surface area contributed by atoms with Crippen LogP contribution in [0.4, 0.5) is 0 Å². The molecule has 1 aliphatic carbocycles. The van der Waals surface area contributed by atoms with Crippen LogP contribution in [-0.4, -0.2) is 65.4 Å². The van der Waals surface area contributed by atoms with Crippen LogP contribution in [0, 0.1) is 0 Å². The van der Waals surface area contributed by atoms with Crippen molar-refractivity contribution in [1.82, 2.24) is 5.32 Å². The number of likely N-dealkylation sites (N-methyl/N-ethyl adjacent to an activating group) is 1. The van der Waals surface area contributed by atoms with Crippen LogP contribution in [0.1, 0.15) is 13.3 Å². The molecular formula is C12H25NO4. The third-order valence-electron chi connectivity index (χ3n) is 3.03. The van der Waals surface area contributed by atoms with E-state index in [1.165, 1.54) is 0 Å². The third-order valence-corrected chi connectivity index (χ3v) is 3.03. The fourth-order valence-electron chi connectivity index (χ4n) is 2.06. The number of rotatable bonds is 9. The first-order valence-electron chi connectivity index (χ1n) is 6.15. The molecule has 5 nitrogen and oxygen atoms in total. The van der Waals surface area contributed by atoms with Crippen molar-refractivity contribution < 1.29 is 18.9 Å². The van der Waals surface area contributed by atoms with Gasteiger partial charge in [-0.3, -0.25) is 0 Å². The maximum atomic E-state index is 5.87. The molecule has 1 fully saturated rings. The largest absolute Gasteiger partial charge is 0.382 e. The van der Waals surface area contributed by atoms with Gasteiger partial charge in [0.25, 0.3) is 0 Å². The number of nitrogens with one attached hydrogen (secondary N) is 1. The lowest BCUT2D eigenvalue weighted by Crippen LogP contribution is -2.60. The van der Waals surface area contributed by atoms with Crippen molar-refractivity contribution in [3.63, 3.8) is 0 Å². The number of methoxy groups -OCH3 is 2. The Morgan fingerprint density at radius 1 is 1.24 bits per heavy atom. The first-order valence-corrected chi connectivity index (χ1v) is 6.15.